The molecule has 3 rings (SSSR count). The van der Waals surface area contributed by atoms with E-state index in [1.807, 2.05) is 18.2 Å². The molecule has 1 aliphatic carbocycles. The average Bonchev–Trinajstić information content (AvgIpc) is 3.21. The molecule has 1 fully saturated rings. The van der Waals surface area contributed by atoms with Crippen LogP contribution in [-0.2, 0) is 16.0 Å². The number of hydrogen-bond donors (Lipinski definition) is 2. The molecule has 5 heteroatoms. The van der Waals surface area contributed by atoms with E-state index in [1.165, 1.54) is 0 Å². The Kier molecular flexibility index (Phi) is 6.58. The van der Waals surface area contributed by atoms with Crippen LogP contribution in [0.25, 0.3) is 0 Å². The topological polar surface area (TPSA) is 83.5 Å². The predicted octanol–water partition coefficient (Wildman–Crippen LogP) is 3.61. The highest BCUT2D eigenvalue weighted by molar-refractivity contribution is 6.08. The standard InChI is InChI=1S/C23H25NO4/c25-21(15-16-6-4-5-7-16)24-20(23(27)28)14-17-10-12-19(13-11-17)22(26)18-8-2-1-3-9-18/h1-3,8-13,16,20H,4-7,14-15H2,(H,24,25)(H,27,28)/t20-/m0/s1. The fourth-order valence-electron chi connectivity index (χ4n) is 3.71. The van der Waals surface area contributed by atoms with E-state index in [1.54, 1.807) is 36.4 Å². The molecule has 28 heavy (non-hydrogen) atoms. The van der Waals surface area contributed by atoms with E-state index in [9.17, 15) is 19.5 Å². The van der Waals surface area contributed by atoms with E-state index in [-0.39, 0.29) is 18.1 Å². The lowest BCUT2D eigenvalue weighted by Crippen LogP contribution is -2.42. The maximum absolute atomic E-state index is 12.4. The number of carbonyl (C=O) groups excluding carboxylic acids is 2. The van der Waals surface area contributed by atoms with E-state index in [4.69, 9.17) is 0 Å². The Labute approximate surface area is 164 Å². The number of benzene rings is 2. The van der Waals surface area contributed by atoms with Gasteiger partial charge in [0.15, 0.2) is 5.78 Å². The zero-order valence-corrected chi connectivity index (χ0v) is 15.8. The minimum Gasteiger partial charge on any atom is -0.480 e. The summed E-state index contributed by atoms with van der Waals surface area (Å²) in [5, 5.41) is 12.1. The largest absolute Gasteiger partial charge is 0.480 e. The normalized spacial score (nSPS) is 15.1. The van der Waals surface area contributed by atoms with Crippen LogP contribution in [0.1, 0.15) is 53.6 Å². The Morgan fingerprint density at radius 3 is 2.14 bits per heavy atom. The molecule has 0 spiro atoms. The van der Waals surface area contributed by atoms with Crippen LogP contribution in [0, 0.1) is 5.92 Å². The number of hydrogen-bond acceptors (Lipinski definition) is 3. The number of carboxylic acid groups (broad SMARTS) is 1. The van der Waals surface area contributed by atoms with Gasteiger partial charge in [0.25, 0.3) is 0 Å². The Hall–Kier alpha value is -2.95. The van der Waals surface area contributed by atoms with E-state index >= 15 is 0 Å². The van der Waals surface area contributed by atoms with Crippen LogP contribution in [0.2, 0.25) is 0 Å². The van der Waals surface area contributed by atoms with Gasteiger partial charge in [-0.25, -0.2) is 4.79 Å². The molecule has 2 aromatic rings. The van der Waals surface area contributed by atoms with Crippen molar-refractivity contribution in [1.29, 1.82) is 0 Å². The molecular formula is C23H25NO4. The van der Waals surface area contributed by atoms with Crippen molar-refractivity contribution >= 4 is 17.7 Å². The second kappa shape index (κ2) is 9.31. The summed E-state index contributed by atoms with van der Waals surface area (Å²) in [6.45, 7) is 0. The number of carbonyl (C=O) groups is 3. The van der Waals surface area contributed by atoms with Crippen LogP contribution in [0.4, 0.5) is 0 Å². The first-order chi connectivity index (χ1) is 13.5. The Morgan fingerprint density at radius 1 is 0.929 bits per heavy atom. The van der Waals surface area contributed by atoms with Gasteiger partial charge in [-0.2, -0.15) is 0 Å². The Bertz CT molecular complexity index is 823. The van der Waals surface area contributed by atoms with Crippen molar-refractivity contribution in [3.05, 3.63) is 71.3 Å². The molecule has 1 atom stereocenters. The summed E-state index contributed by atoms with van der Waals surface area (Å²) in [4.78, 5) is 36.2. The van der Waals surface area contributed by atoms with Crippen molar-refractivity contribution in [2.45, 2.75) is 44.6 Å². The fourth-order valence-corrected chi connectivity index (χ4v) is 3.71. The van der Waals surface area contributed by atoms with E-state index in [0.717, 1.165) is 31.2 Å². The maximum atomic E-state index is 12.4. The molecule has 0 radical (unpaired) electrons. The maximum Gasteiger partial charge on any atom is 0.326 e. The number of rotatable bonds is 8. The molecule has 0 bridgehead atoms. The molecule has 0 unspecified atom stereocenters. The van der Waals surface area contributed by atoms with Crippen LogP contribution in [0.15, 0.2) is 54.6 Å². The molecule has 1 saturated carbocycles. The fraction of sp³-hybridized carbons (Fsp3) is 0.348. The van der Waals surface area contributed by atoms with Gasteiger partial charge < -0.3 is 10.4 Å². The van der Waals surface area contributed by atoms with E-state index in [2.05, 4.69) is 5.32 Å². The van der Waals surface area contributed by atoms with Crippen molar-refractivity contribution in [2.75, 3.05) is 0 Å². The van der Waals surface area contributed by atoms with Gasteiger partial charge in [-0.05, 0) is 24.3 Å². The summed E-state index contributed by atoms with van der Waals surface area (Å²) in [5.74, 6) is -0.955. The molecule has 2 aromatic carbocycles. The van der Waals surface area contributed by atoms with Crippen molar-refractivity contribution in [1.82, 2.24) is 5.32 Å². The van der Waals surface area contributed by atoms with Crippen LogP contribution < -0.4 is 5.32 Å². The summed E-state index contributed by atoms with van der Waals surface area (Å²) >= 11 is 0. The predicted molar refractivity (Wildman–Crippen MR) is 106 cm³/mol. The Morgan fingerprint density at radius 2 is 1.54 bits per heavy atom. The number of amides is 1. The second-order valence-electron chi connectivity index (χ2n) is 7.41. The lowest BCUT2D eigenvalue weighted by Gasteiger charge is -2.16. The molecule has 1 amide bonds. The smallest absolute Gasteiger partial charge is 0.326 e. The monoisotopic (exact) mass is 379 g/mol. The molecule has 0 heterocycles. The lowest BCUT2D eigenvalue weighted by atomic mass is 9.99. The van der Waals surface area contributed by atoms with Gasteiger partial charge in [0.05, 0.1) is 0 Å². The minimum absolute atomic E-state index is 0.0770. The zero-order chi connectivity index (χ0) is 19.9. The van der Waals surface area contributed by atoms with Crippen LogP contribution in [0.3, 0.4) is 0 Å². The van der Waals surface area contributed by atoms with Gasteiger partial charge in [-0.1, -0.05) is 67.4 Å². The van der Waals surface area contributed by atoms with Crippen molar-refractivity contribution in [3.63, 3.8) is 0 Å². The number of ketones is 1. The average molecular weight is 379 g/mol. The summed E-state index contributed by atoms with van der Waals surface area (Å²) < 4.78 is 0. The van der Waals surface area contributed by atoms with Crippen molar-refractivity contribution in [3.8, 4) is 0 Å². The molecule has 5 nitrogen and oxygen atoms in total. The quantitative estimate of drug-likeness (QED) is 0.687. The number of aliphatic carboxylic acids is 1. The van der Waals surface area contributed by atoms with Gasteiger partial charge in [0, 0.05) is 24.0 Å². The molecular weight excluding hydrogens is 354 g/mol. The van der Waals surface area contributed by atoms with Gasteiger partial charge >= 0.3 is 5.97 Å². The minimum atomic E-state index is -1.05. The highest BCUT2D eigenvalue weighted by Gasteiger charge is 2.24. The van der Waals surface area contributed by atoms with Gasteiger partial charge in [0.1, 0.15) is 6.04 Å². The third-order valence-electron chi connectivity index (χ3n) is 5.27. The highest BCUT2D eigenvalue weighted by atomic mass is 16.4. The number of nitrogens with one attached hydrogen (secondary N) is 1. The first-order valence-corrected chi connectivity index (χ1v) is 9.74. The summed E-state index contributed by atoms with van der Waals surface area (Å²) in [6.07, 6.45) is 4.96. The third kappa shape index (κ3) is 5.28. The molecule has 2 N–H and O–H groups in total. The molecule has 0 aliphatic heterocycles. The summed E-state index contributed by atoms with van der Waals surface area (Å²) in [6, 6.07) is 14.9. The molecule has 1 aliphatic rings. The lowest BCUT2D eigenvalue weighted by molar-refractivity contribution is -0.141. The SMILES string of the molecule is O=C(CC1CCCC1)N[C@@H](Cc1ccc(C(=O)c2ccccc2)cc1)C(=O)O. The van der Waals surface area contributed by atoms with Gasteiger partial charge in [-0.3, -0.25) is 9.59 Å². The summed E-state index contributed by atoms with van der Waals surface area (Å²) in [7, 11) is 0. The van der Waals surface area contributed by atoms with Crippen LogP contribution in [0.5, 0.6) is 0 Å². The molecule has 0 saturated heterocycles. The third-order valence-corrected chi connectivity index (χ3v) is 5.27. The van der Waals surface area contributed by atoms with Crippen LogP contribution in [-0.4, -0.2) is 28.8 Å². The summed E-state index contributed by atoms with van der Waals surface area (Å²) in [5.41, 5.74) is 1.92. The zero-order valence-electron chi connectivity index (χ0n) is 15.8. The van der Waals surface area contributed by atoms with E-state index < -0.39 is 12.0 Å². The van der Waals surface area contributed by atoms with Crippen LogP contribution >= 0.6 is 0 Å². The van der Waals surface area contributed by atoms with Gasteiger partial charge in [0.2, 0.25) is 5.91 Å². The van der Waals surface area contributed by atoms with Gasteiger partial charge in [-0.15, -0.1) is 0 Å². The highest BCUT2D eigenvalue weighted by Crippen LogP contribution is 2.27. The first-order valence-electron chi connectivity index (χ1n) is 9.74. The van der Waals surface area contributed by atoms with E-state index in [0.29, 0.717) is 23.5 Å². The number of carboxylic acids is 1. The molecule has 0 aromatic heterocycles. The molecule has 146 valence electrons. The second-order valence-corrected chi connectivity index (χ2v) is 7.41. The van der Waals surface area contributed by atoms with Crippen molar-refractivity contribution < 1.29 is 19.5 Å². The Balaban J connectivity index is 1.61. The van der Waals surface area contributed by atoms with Crippen molar-refractivity contribution in [2.24, 2.45) is 5.92 Å². The first kappa shape index (κ1) is 19.8.